The summed E-state index contributed by atoms with van der Waals surface area (Å²) >= 11 is 0. The summed E-state index contributed by atoms with van der Waals surface area (Å²) in [7, 11) is 2.56. The molecule has 1 aromatic carbocycles. The Morgan fingerprint density at radius 1 is 0.900 bits per heavy atom. The zero-order valence-corrected chi connectivity index (χ0v) is 11.3. The Balaban J connectivity index is 3.09. The molecule has 0 spiro atoms. The number of hydrogen-bond acceptors (Lipinski definition) is 6. The second-order valence-electron chi connectivity index (χ2n) is 3.82. The number of nitrogen functional groups attached to an aromatic ring is 2. The Labute approximate surface area is 116 Å². The average molecular weight is 276 g/mol. The fraction of sp³-hybridized carbons (Fsp3) is 0.143. The van der Waals surface area contributed by atoms with E-state index in [1.165, 1.54) is 38.5 Å². The van der Waals surface area contributed by atoms with Crippen molar-refractivity contribution in [2.75, 3.05) is 25.7 Å². The third-order valence-electron chi connectivity index (χ3n) is 2.49. The molecule has 0 bridgehead atoms. The molecule has 0 aromatic heterocycles. The van der Waals surface area contributed by atoms with Gasteiger partial charge in [0.2, 0.25) is 0 Å². The maximum absolute atomic E-state index is 11.1. The highest BCUT2D eigenvalue weighted by atomic mass is 16.5. The molecular formula is C14H16N2O4. The van der Waals surface area contributed by atoms with E-state index in [4.69, 9.17) is 11.5 Å². The summed E-state index contributed by atoms with van der Waals surface area (Å²) in [5.41, 5.74) is 13.6. The molecular weight excluding hydrogens is 260 g/mol. The Kier molecular flexibility index (Phi) is 5.34. The summed E-state index contributed by atoms with van der Waals surface area (Å²) in [5.74, 6) is -0.985. The van der Waals surface area contributed by atoms with Crippen LogP contribution >= 0.6 is 0 Å². The molecule has 20 heavy (non-hydrogen) atoms. The van der Waals surface area contributed by atoms with Crippen LogP contribution in [0, 0.1) is 0 Å². The van der Waals surface area contributed by atoms with E-state index in [-0.39, 0.29) is 0 Å². The fourth-order valence-electron chi connectivity index (χ4n) is 1.41. The van der Waals surface area contributed by atoms with Crippen molar-refractivity contribution in [1.29, 1.82) is 0 Å². The molecule has 0 saturated heterocycles. The fourth-order valence-corrected chi connectivity index (χ4v) is 1.41. The molecule has 0 amide bonds. The smallest absolute Gasteiger partial charge is 0.330 e. The van der Waals surface area contributed by atoms with Gasteiger partial charge in [0.15, 0.2) is 0 Å². The van der Waals surface area contributed by atoms with Crippen molar-refractivity contribution in [3.63, 3.8) is 0 Å². The zero-order chi connectivity index (χ0) is 15.1. The normalized spacial score (nSPS) is 10.9. The van der Waals surface area contributed by atoms with Crippen LogP contribution < -0.4 is 11.5 Å². The Bertz CT molecular complexity index is 530. The van der Waals surface area contributed by atoms with Crippen molar-refractivity contribution in [2.45, 2.75) is 0 Å². The van der Waals surface area contributed by atoms with Crippen molar-refractivity contribution in [2.24, 2.45) is 0 Å². The van der Waals surface area contributed by atoms with Crippen LogP contribution in [0.3, 0.4) is 0 Å². The number of carbonyl (C=O) groups excluding carboxylic acids is 2. The van der Waals surface area contributed by atoms with E-state index in [9.17, 15) is 9.59 Å². The zero-order valence-electron chi connectivity index (χ0n) is 11.3. The molecule has 0 radical (unpaired) electrons. The van der Waals surface area contributed by atoms with Crippen LogP contribution in [-0.2, 0) is 19.1 Å². The lowest BCUT2D eigenvalue weighted by Gasteiger charge is -2.06. The van der Waals surface area contributed by atoms with Gasteiger partial charge in [0, 0.05) is 23.5 Å². The molecule has 6 heteroatoms. The van der Waals surface area contributed by atoms with Gasteiger partial charge in [-0.3, -0.25) is 0 Å². The number of benzene rings is 1. The van der Waals surface area contributed by atoms with Crippen LogP contribution in [0.15, 0.2) is 24.3 Å². The summed E-state index contributed by atoms with van der Waals surface area (Å²) < 4.78 is 8.99. The number of nitrogens with two attached hydrogens (primary N) is 2. The molecule has 4 N–H and O–H groups in total. The largest absolute Gasteiger partial charge is 0.466 e. The minimum Gasteiger partial charge on any atom is -0.466 e. The lowest BCUT2D eigenvalue weighted by molar-refractivity contribution is -0.135. The van der Waals surface area contributed by atoms with Gasteiger partial charge in [-0.2, -0.15) is 0 Å². The molecule has 0 aliphatic rings. The topological polar surface area (TPSA) is 105 Å². The first-order valence-corrected chi connectivity index (χ1v) is 5.69. The quantitative estimate of drug-likeness (QED) is 0.487. The van der Waals surface area contributed by atoms with Gasteiger partial charge < -0.3 is 20.9 Å². The summed E-state index contributed by atoms with van der Waals surface area (Å²) in [6.45, 7) is 0. The van der Waals surface area contributed by atoms with Gasteiger partial charge in [0.25, 0.3) is 0 Å². The second-order valence-corrected chi connectivity index (χ2v) is 3.82. The van der Waals surface area contributed by atoms with Crippen molar-refractivity contribution < 1.29 is 19.1 Å². The van der Waals surface area contributed by atoms with Crippen LogP contribution in [0.1, 0.15) is 11.1 Å². The van der Waals surface area contributed by atoms with Gasteiger partial charge in [-0.25, -0.2) is 9.59 Å². The Morgan fingerprint density at radius 3 is 1.65 bits per heavy atom. The summed E-state index contributed by atoms with van der Waals surface area (Å²) in [6.07, 6.45) is 5.51. The molecule has 0 aliphatic carbocycles. The lowest BCUT2D eigenvalue weighted by Crippen LogP contribution is -1.98. The minimum atomic E-state index is -0.493. The summed E-state index contributed by atoms with van der Waals surface area (Å²) in [6, 6.07) is 3.21. The standard InChI is InChI=1S/C14H16N2O4/c1-19-13(17)5-3-9-7-10(4-6-14(18)20-2)12(16)8-11(9)15/h3-8H,15-16H2,1-2H3/b5-3+,6-4+. The molecule has 0 aliphatic heterocycles. The first-order valence-electron chi connectivity index (χ1n) is 5.69. The highest BCUT2D eigenvalue weighted by molar-refractivity contribution is 5.91. The summed E-state index contributed by atoms with van der Waals surface area (Å²) in [4.78, 5) is 22.1. The van der Waals surface area contributed by atoms with E-state index in [2.05, 4.69) is 9.47 Å². The minimum absolute atomic E-state index is 0.415. The number of methoxy groups -OCH3 is 2. The predicted molar refractivity (Wildman–Crippen MR) is 77.4 cm³/mol. The number of ether oxygens (including phenoxy) is 2. The highest BCUT2D eigenvalue weighted by Gasteiger charge is 2.03. The van der Waals surface area contributed by atoms with E-state index in [0.717, 1.165) is 0 Å². The molecule has 6 nitrogen and oxygen atoms in total. The second kappa shape index (κ2) is 6.98. The Morgan fingerprint density at radius 2 is 1.30 bits per heavy atom. The van der Waals surface area contributed by atoms with Crippen LogP contribution in [0.25, 0.3) is 12.2 Å². The van der Waals surface area contributed by atoms with Crippen LogP contribution in [0.4, 0.5) is 11.4 Å². The van der Waals surface area contributed by atoms with E-state index >= 15 is 0 Å². The molecule has 0 atom stereocenters. The number of hydrogen-bond donors (Lipinski definition) is 2. The average Bonchev–Trinajstić information content (AvgIpc) is 2.44. The van der Waals surface area contributed by atoms with Crippen molar-refractivity contribution in [3.8, 4) is 0 Å². The number of carbonyl (C=O) groups is 2. The maximum Gasteiger partial charge on any atom is 0.330 e. The van der Waals surface area contributed by atoms with Gasteiger partial charge in [0.05, 0.1) is 14.2 Å². The molecule has 1 rings (SSSR count). The van der Waals surface area contributed by atoms with Crippen molar-refractivity contribution in [1.82, 2.24) is 0 Å². The number of rotatable bonds is 4. The van der Waals surface area contributed by atoms with Crippen LogP contribution in [0.2, 0.25) is 0 Å². The number of anilines is 2. The van der Waals surface area contributed by atoms with Gasteiger partial charge in [-0.15, -0.1) is 0 Å². The molecule has 0 unspecified atom stereocenters. The van der Waals surface area contributed by atoms with E-state index in [1.54, 1.807) is 12.1 Å². The first kappa shape index (κ1) is 15.3. The summed E-state index contributed by atoms with van der Waals surface area (Å²) in [5, 5.41) is 0. The maximum atomic E-state index is 11.1. The van der Waals surface area contributed by atoms with E-state index in [1.807, 2.05) is 0 Å². The van der Waals surface area contributed by atoms with Gasteiger partial charge >= 0.3 is 11.9 Å². The third-order valence-corrected chi connectivity index (χ3v) is 2.49. The van der Waals surface area contributed by atoms with Crippen molar-refractivity contribution >= 4 is 35.5 Å². The molecule has 0 heterocycles. The Hall–Kier alpha value is -2.76. The monoisotopic (exact) mass is 276 g/mol. The molecule has 106 valence electrons. The van der Waals surface area contributed by atoms with Crippen LogP contribution in [-0.4, -0.2) is 26.2 Å². The third kappa shape index (κ3) is 4.16. The van der Waals surface area contributed by atoms with E-state index in [0.29, 0.717) is 22.5 Å². The van der Waals surface area contributed by atoms with Gasteiger partial charge in [0.1, 0.15) is 0 Å². The first-order chi connectivity index (χ1) is 9.47. The van der Waals surface area contributed by atoms with Crippen LogP contribution in [0.5, 0.6) is 0 Å². The molecule has 0 fully saturated rings. The highest BCUT2D eigenvalue weighted by Crippen LogP contribution is 2.23. The molecule has 1 aromatic rings. The van der Waals surface area contributed by atoms with Crippen molar-refractivity contribution in [3.05, 3.63) is 35.4 Å². The lowest BCUT2D eigenvalue weighted by atomic mass is 10.1. The van der Waals surface area contributed by atoms with Gasteiger partial charge in [-0.05, 0) is 35.4 Å². The SMILES string of the molecule is COC(=O)/C=C/c1cc(/C=C/C(=O)OC)c(N)cc1N. The predicted octanol–water partition coefficient (Wildman–Crippen LogP) is 1.22. The van der Waals surface area contributed by atoms with Gasteiger partial charge in [-0.1, -0.05) is 0 Å². The number of esters is 2. The molecule has 0 saturated carbocycles. The van der Waals surface area contributed by atoms with E-state index < -0.39 is 11.9 Å².